The van der Waals surface area contributed by atoms with Crippen LogP contribution in [0.25, 0.3) is 0 Å². The van der Waals surface area contributed by atoms with E-state index in [1.165, 1.54) is 5.56 Å². The Hall–Kier alpha value is -1.89. The number of hydrogen-bond acceptors (Lipinski definition) is 4. The Morgan fingerprint density at radius 2 is 2.16 bits per heavy atom. The Bertz CT molecular complexity index is 517. The number of thiocarbonyl (C=S) groups is 1. The molecule has 1 aromatic heterocycles. The molecule has 0 aromatic carbocycles. The van der Waals surface area contributed by atoms with Crippen LogP contribution >= 0.6 is 12.2 Å². The first-order chi connectivity index (χ1) is 9.08. The van der Waals surface area contributed by atoms with Crippen LogP contribution in [0.15, 0.2) is 6.07 Å². The summed E-state index contributed by atoms with van der Waals surface area (Å²) in [4.78, 5) is 15.5. The minimum atomic E-state index is -0.543. The van der Waals surface area contributed by atoms with E-state index in [2.05, 4.69) is 15.6 Å². The average molecular weight is 279 g/mol. The fraction of sp³-hybridized carbons (Fsp3) is 0.417. The van der Waals surface area contributed by atoms with Crippen molar-refractivity contribution in [2.24, 2.45) is 11.5 Å². The second-order valence-electron chi connectivity index (χ2n) is 4.43. The molecule has 2 amide bonds. The standard InChI is InChI=1S/C12H17N5OS/c13-10(19)8-6-7-2-1-3-9(7)17-11(8)15-4-5-16-12(14)18/h6H,1-5H2,(H2,13,19)(H,15,17)(H3,14,16,18). The molecule has 2 rings (SSSR count). The molecule has 0 saturated heterocycles. The SMILES string of the molecule is NC(=O)NCCNc1nc2c(cc1C(N)=S)CCC2. The molecule has 0 saturated carbocycles. The van der Waals surface area contributed by atoms with Crippen LogP contribution in [-0.4, -0.2) is 29.1 Å². The number of pyridine rings is 1. The lowest BCUT2D eigenvalue weighted by Crippen LogP contribution is -2.33. The Morgan fingerprint density at radius 1 is 1.37 bits per heavy atom. The predicted molar refractivity (Wildman–Crippen MR) is 78.2 cm³/mol. The number of urea groups is 1. The van der Waals surface area contributed by atoms with Gasteiger partial charge in [0.2, 0.25) is 0 Å². The lowest BCUT2D eigenvalue weighted by molar-refractivity contribution is 0.249. The van der Waals surface area contributed by atoms with Crippen LogP contribution < -0.4 is 22.1 Å². The highest BCUT2D eigenvalue weighted by atomic mass is 32.1. The summed E-state index contributed by atoms with van der Waals surface area (Å²) < 4.78 is 0. The fourth-order valence-corrected chi connectivity index (χ4v) is 2.32. The molecule has 1 aliphatic rings. The van der Waals surface area contributed by atoms with Crippen LogP contribution in [0.3, 0.4) is 0 Å². The Kier molecular flexibility index (Phi) is 4.16. The van der Waals surface area contributed by atoms with Gasteiger partial charge < -0.3 is 22.1 Å². The number of aryl methyl sites for hydroxylation is 2. The van der Waals surface area contributed by atoms with Crippen molar-refractivity contribution in [3.8, 4) is 0 Å². The van der Waals surface area contributed by atoms with Crippen LogP contribution in [-0.2, 0) is 12.8 Å². The van der Waals surface area contributed by atoms with Crippen LogP contribution in [0.4, 0.5) is 10.6 Å². The third-order valence-corrected chi connectivity index (χ3v) is 3.25. The highest BCUT2D eigenvalue weighted by Crippen LogP contribution is 2.25. The minimum absolute atomic E-state index is 0.326. The molecule has 1 aliphatic carbocycles. The second kappa shape index (κ2) is 5.83. The molecule has 0 radical (unpaired) electrons. The van der Waals surface area contributed by atoms with E-state index >= 15 is 0 Å². The summed E-state index contributed by atoms with van der Waals surface area (Å²) in [6.45, 7) is 0.940. The van der Waals surface area contributed by atoms with E-state index in [1.54, 1.807) is 0 Å². The van der Waals surface area contributed by atoms with Crippen molar-refractivity contribution in [2.75, 3.05) is 18.4 Å². The van der Waals surface area contributed by atoms with E-state index in [1.807, 2.05) is 6.07 Å². The number of carbonyl (C=O) groups is 1. The first-order valence-corrected chi connectivity index (χ1v) is 6.58. The van der Waals surface area contributed by atoms with Crippen LogP contribution in [0, 0.1) is 0 Å². The molecule has 1 heterocycles. The van der Waals surface area contributed by atoms with Crippen molar-refractivity contribution < 1.29 is 4.79 Å². The van der Waals surface area contributed by atoms with E-state index in [-0.39, 0.29) is 0 Å². The van der Waals surface area contributed by atoms with Crippen molar-refractivity contribution in [1.29, 1.82) is 0 Å². The minimum Gasteiger partial charge on any atom is -0.389 e. The normalized spacial score (nSPS) is 12.8. The first-order valence-electron chi connectivity index (χ1n) is 6.17. The van der Waals surface area contributed by atoms with Gasteiger partial charge in [0.25, 0.3) is 0 Å². The lowest BCUT2D eigenvalue weighted by atomic mass is 10.1. The van der Waals surface area contributed by atoms with E-state index in [0.29, 0.717) is 23.9 Å². The molecule has 0 unspecified atom stereocenters. The highest BCUT2D eigenvalue weighted by Gasteiger charge is 2.17. The molecule has 6 N–H and O–H groups in total. The van der Waals surface area contributed by atoms with Gasteiger partial charge in [0.15, 0.2) is 0 Å². The zero-order valence-electron chi connectivity index (χ0n) is 10.5. The van der Waals surface area contributed by atoms with E-state index in [9.17, 15) is 4.79 Å². The van der Waals surface area contributed by atoms with Gasteiger partial charge in [-0.05, 0) is 30.9 Å². The average Bonchev–Trinajstić information content (AvgIpc) is 2.80. The molecular weight excluding hydrogens is 262 g/mol. The number of nitrogens with zero attached hydrogens (tertiary/aromatic N) is 1. The Labute approximate surface area is 116 Å². The largest absolute Gasteiger partial charge is 0.389 e. The van der Waals surface area contributed by atoms with Crippen molar-refractivity contribution in [1.82, 2.24) is 10.3 Å². The number of anilines is 1. The summed E-state index contributed by atoms with van der Waals surface area (Å²) in [6.07, 6.45) is 3.13. The molecule has 0 atom stereocenters. The van der Waals surface area contributed by atoms with Gasteiger partial charge in [0, 0.05) is 18.8 Å². The summed E-state index contributed by atoms with van der Waals surface area (Å²) in [7, 11) is 0. The smallest absolute Gasteiger partial charge is 0.312 e. The topological polar surface area (TPSA) is 106 Å². The van der Waals surface area contributed by atoms with E-state index < -0.39 is 6.03 Å². The maximum absolute atomic E-state index is 10.6. The van der Waals surface area contributed by atoms with E-state index in [0.717, 1.165) is 30.5 Å². The Balaban J connectivity index is 2.10. The maximum atomic E-state index is 10.6. The number of rotatable bonds is 5. The lowest BCUT2D eigenvalue weighted by Gasteiger charge is -2.12. The number of carbonyl (C=O) groups excluding carboxylic acids is 1. The number of primary amides is 1. The summed E-state index contributed by atoms with van der Waals surface area (Å²) in [5.41, 5.74) is 13.8. The molecule has 0 fully saturated rings. The van der Waals surface area contributed by atoms with Gasteiger partial charge in [-0.15, -0.1) is 0 Å². The van der Waals surface area contributed by atoms with Crippen LogP contribution in [0.5, 0.6) is 0 Å². The van der Waals surface area contributed by atoms with Gasteiger partial charge in [-0.2, -0.15) is 0 Å². The molecule has 0 spiro atoms. The van der Waals surface area contributed by atoms with Gasteiger partial charge in [-0.3, -0.25) is 0 Å². The molecular formula is C12H17N5OS. The van der Waals surface area contributed by atoms with Crippen molar-refractivity contribution >= 4 is 29.1 Å². The molecule has 0 bridgehead atoms. The molecule has 1 aromatic rings. The van der Waals surface area contributed by atoms with Crippen molar-refractivity contribution in [3.05, 3.63) is 22.9 Å². The Morgan fingerprint density at radius 3 is 2.84 bits per heavy atom. The number of amides is 2. The van der Waals surface area contributed by atoms with Crippen LogP contribution in [0.2, 0.25) is 0 Å². The summed E-state index contributed by atoms with van der Waals surface area (Å²) in [6, 6.07) is 1.47. The number of hydrogen-bond donors (Lipinski definition) is 4. The summed E-state index contributed by atoms with van der Waals surface area (Å²) in [5.74, 6) is 0.680. The summed E-state index contributed by atoms with van der Waals surface area (Å²) >= 11 is 5.05. The number of nitrogens with two attached hydrogens (primary N) is 2. The number of fused-ring (bicyclic) bond motifs is 1. The quantitative estimate of drug-likeness (QED) is 0.458. The van der Waals surface area contributed by atoms with Gasteiger partial charge in [-0.1, -0.05) is 12.2 Å². The number of aromatic nitrogens is 1. The number of nitrogens with one attached hydrogen (secondary N) is 2. The molecule has 6 nitrogen and oxygen atoms in total. The first kappa shape index (κ1) is 13.5. The molecule has 0 aliphatic heterocycles. The van der Waals surface area contributed by atoms with Gasteiger partial charge >= 0.3 is 6.03 Å². The van der Waals surface area contributed by atoms with Crippen molar-refractivity contribution in [2.45, 2.75) is 19.3 Å². The second-order valence-corrected chi connectivity index (χ2v) is 4.87. The van der Waals surface area contributed by atoms with E-state index in [4.69, 9.17) is 23.7 Å². The summed E-state index contributed by atoms with van der Waals surface area (Å²) in [5, 5.41) is 5.63. The van der Waals surface area contributed by atoms with Crippen LogP contribution in [0.1, 0.15) is 23.2 Å². The predicted octanol–water partition coefficient (Wildman–Crippen LogP) is 0.285. The zero-order chi connectivity index (χ0) is 13.8. The maximum Gasteiger partial charge on any atom is 0.312 e. The fourth-order valence-electron chi connectivity index (χ4n) is 2.16. The third kappa shape index (κ3) is 3.31. The third-order valence-electron chi connectivity index (χ3n) is 3.03. The van der Waals surface area contributed by atoms with Gasteiger partial charge in [-0.25, -0.2) is 9.78 Å². The highest BCUT2D eigenvalue weighted by molar-refractivity contribution is 7.80. The van der Waals surface area contributed by atoms with Crippen molar-refractivity contribution in [3.63, 3.8) is 0 Å². The monoisotopic (exact) mass is 279 g/mol. The molecule has 19 heavy (non-hydrogen) atoms. The molecule has 7 heteroatoms. The van der Waals surface area contributed by atoms with Gasteiger partial charge in [0.05, 0.1) is 5.56 Å². The molecule has 102 valence electrons. The zero-order valence-corrected chi connectivity index (χ0v) is 11.3. The van der Waals surface area contributed by atoms with Gasteiger partial charge in [0.1, 0.15) is 10.8 Å².